The van der Waals surface area contributed by atoms with E-state index in [4.69, 9.17) is 5.11 Å². The predicted molar refractivity (Wildman–Crippen MR) is 79.7 cm³/mol. The summed E-state index contributed by atoms with van der Waals surface area (Å²) in [7, 11) is -1.60. The SMILES string of the molecule is C/C(C#C[Si](C(C)C)(C(C)C)C(C)C)=C\CO. The molecule has 0 atom stereocenters. The van der Waals surface area contributed by atoms with Crippen molar-refractivity contribution in [2.45, 2.75) is 65.1 Å². The van der Waals surface area contributed by atoms with Gasteiger partial charge in [0.1, 0.15) is 8.07 Å². The first-order valence-electron chi connectivity index (χ1n) is 6.59. The Morgan fingerprint density at radius 2 is 1.47 bits per heavy atom. The summed E-state index contributed by atoms with van der Waals surface area (Å²) in [5, 5.41) is 8.86. The Labute approximate surface area is 108 Å². The molecule has 0 heterocycles. The van der Waals surface area contributed by atoms with E-state index < -0.39 is 8.07 Å². The number of hydrogen-bond acceptors (Lipinski definition) is 1. The lowest BCUT2D eigenvalue weighted by Crippen LogP contribution is -2.43. The van der Waals surface area contributed by atoms with Crippen molar-refractivity contribution in [1.29, 1.82) is 0 Å². The third kappa shape index (κ3) is 4.01. The second-order valence-electron chi connectivity index (χ2n) is 5.72. The van der Waals surface area contributed by atoms with Gasteiger partial charge in [-0.15, -0.1) is 5.54 Å². The lowest BCUT2D eigenvalue weighted by atomic mass is 10.3. The quantitative estimate of drug-likeness (QED) is 0.589. The lowest BCUT2D eigenvalue weighted by molar-refractivity contribution is 0.342. The Morgan fingerprint density at radius 3 is 1.76 bits per heavy atom. The zero-order chi connectivity index (χ0) is 13.6. The van der Waals surface area contributed by atoms with Crippen LogP contribution in [0.15, 0.2) is 11.6 Å². The van der Waals surface area contributed by atoms with Crippen LogP contribution in [0, 0.1) is 11.5 Å². The molecule has 2 heteroatoms. The second kappa shape index (κ2) is 7.03. The molecule has 0 spiro atoms. The summed E-state index contributed by atoms with van der Waals surface area (Å²) in [5.74, 6) is 3.28. The molecule has 0 bridgehead atoms. The van der Waals surface area contributed by atoms with E-state index in [0.29, 0.717) is 16.6 Å². The summed E-state index contributed by atoms with van der Waals surface area (Å²) < 4.78 is 0. The van der Waals surface area contributed by atoms with Gasteiger partial charge in [-0.3, -0.25) is 0 Å². The van der Waals surface area contributed by atoms with Crippen LogP contribution in [0.25, 0.3) is 0 Å². The fourth-order valence-electron chi connectivity index (χ4n) is 2.83. The molecule has 17 heavy (non-hydrogen) atoms. The molecule has 0 saturated carbocycles. The first-order chi connectivity index (χ1) is 7.78. The average molecular weight is 252 g/mol. The molecule has 0 unspecified atom stereocenters. The summed E-state index contributed by atoms with van der Waals surface area (Å²) >= 11 is 0. The minimum Gasteiger partial charge on any atom is -0.392 e. The number of aliphatic hydroxyl groups is 1. The van der Waals surface area contributed by atoms with Crippen molar-refractivity contribution >= 4 is 8.07 Å². The number of hydrogen-bond donors (Lipinski definition) is 1. The van der Waals surface area contributed by atoms with E-state index in [-0.39, 0.29) is 6.61 Å². The molecule has 98 valence electrons. The maximum absolute atomic E-state index is 8.86. The van der Waals surface area contributed by atoms with E-state index in [9.17, 15) is 0 Å². The number of allylic oxidation sites excluding steroid dienone is 1. The van der Waals surface area contributed by atoms with Gasteiger partial charge >= 0.3 is 0 Å². The number of rotatable bonds is 4. The van der Waals surface area contributed by atoms with Crippen LogP contribution in [-0.4, -0.2) is 19.8 Å². The van der Waals surface area contributed by atoms with E-state index in [2.05, 4.69) is 53.0 Å². The molecular formula is C15H28OSi. The third-order valence-electron chi connectivity index (χ3n) is 3.74. The summed E-state index contributed by atoms with van der Waals surface area (Å²) in [6.07, 6.45) is 1.78. The molecular weight excluding hydrogens is 224 g/mol. The van der Waals surface area contributed by atoms with Gasteiger partial charge in [0.25, 0.3) is 0 Å². The van der Waals surface area contributed by atoms with Crippen molar-refractivity contribution in [2.24, 2.45) is 0 Å². The molecule has 0 aromatic heterocycles. The predicted octanol–water partition coefficient (Wildman–Crippen LogP) is 4.15. The topological polar surface area (TPSA) is 20.2 Å². The van der Waals surface area contributed by atoms with Crippen LogP contribution in [0.2, 0.25) is 16.6 Å². The molecule has 0 amide bonds. The van der Waals surface area contributed by atoms with E-state index in [1.54, 1.807) is 6.08 Å². The summed E-state index contributed by atoms with van der Waals surface area (Å²) in [6.45, 7) is 15.9. The van der Waals surface area contributed by atoms with E-state index >= 15 is 0 Å². The highest BCUT2D eigenvalue weighted by Crippen LogP contribution is 2.40. The largest absolute Gasteiger partial charge is 0.392 e. The van der Waals surface area contributed by atoms with Gasteiger partial charge in [0.2, 0.25) is 0 Å². The highest BCUT2D eigenvalue weighted by Gasteiger charge is 2.41. The van der Waals surface area contributed by atoms with E-state index in [0.717, 1.165) is 5.57 Å². The molecule has 0 fully saturated rings. The van der Waals surface area contributed by atoms with Crippen LogP contribution in [0.1, 0.15) is 48.5 Å². The van der Waals surface area contributed by atoms with Crippen molar-refractivity contribution in [3.05, 3.63) is 11.6 Å². The average Bonchev–Trinajstić information content (AvgIpc) is 2.17. The highest BCUT2D eigenvalue weighted by molar-refractivity contribution is 6.90. The highest BCUT2D eigenvalue weighted by atomic mass is 28.3. The molecule has 0 saturated heterocycles. The van der Waals surface area contributed by atoms with Gasteiger partial charge in [0, 0.05) is 0 Å². The van der Waals surface area contributed by atoms with Crippen LogP contribution in [-0.2, 0) is 0 Å². The Kier molecular flexibility index (Phi) is 6.82. The zero-order valence-corrected chi connectivity index (χ0v) is 13.5. The molecule has 0 aliphatic carbocycles. The summed E-state index contributed by atoms with van der Waals surface area (Å²) in [5.41, 5.74) is 6.61. The maximum atomic E-state index is 8.86. The summed E-state index contributed by atoms with van der Waals surface area (Å²) in [4.78, 5) is 0. The van der Waals surface area contributed by atoms with Gasteiger partial charge in [-0.25, -0.2) is 0 Å². The Hall–Kier alpha value is -0.523. The van der Waals surface area contributed by atoms with Crippen molar-refractivity contribution < 1.29 is 5.11 Å². The van der Waals surface area contributed by atoms with Crippen molar-refractivity contribution in [2.75, 3.05) is 6.61 Å². The van der Waals surface area contributed by atoms with Crippen LogP contribution in [0.5, 0.6) is 0 Å². The maximum Gasteiger partial charge on any atom is 0.146 e. The van der Waals surface area contributed by atoms with Crippen LogP contribution >= 0.6 is 0 Å². The first-order valence-corrected chi connectivity index (χ1v) is 8.83. The molecule has 1 N–H and O–H groups in total. The van der Waals surface area contributed by atoms with Crippen LogP contribution in [0.4, 0.5) is 0 Å². The smallest absolute Gasteiger partial charge is 0.146 e. The van der Waals surface area contributed by atoms with Gasteiger partial charge < -0.3 is 5.11 Å². The van der Waals surface area contributed by atoms with Gasteiger partial charge in [-0.2, -0.15) is 0 Å². The fraction of sp³-hybridized carbons (Fsp3) is 0.733. The molecule has 0 radical (unpaired) electrons. The van der Waals surface area contributed by atoms with E-state index in [1.807, 2.05) is 6.92 Å². The monoisotopic (exact) mass is 252 g/mol. The van der Waals surface area contributed by atoms with Crippen molar-refractivity contribution in [3.8, 4) is 11.5 Å². The van der Waals surface area contributed by atoms with Crippen LogP contribution in [0.3, 0.4) is 0 Å². The Balaban J connectivity index is 5.41. The standard InChI is InChI=1S/C15H28OSi/c1-12(2)17(13(3)4,14(5)6)11-9-15(7)8-10-16/h8,12-14,16H,10H2,1-7H3/b15-8+. The second-order valence-corrected chi connectivity index (χ2v) is 11.3. The molecule has 0 aromatic rings. The molecule has 0 aliphatic rings. The van der Waals surface area contributed by atoms with Gasteiger partial charge in [-0.05, 0) is 35.2 Å². The summed E-state index contributed by atoms with van der Waals surface area (Å²) in [6, 6.07) is 0. The molecule has 0 rings (SSSR count). The van der Waals surface area contributed by atoms with Crippen LogP contribution < -0.4 is 0 Å². The lowest BCUT2D eigenvalue weighted by Gasteiger charge is -2.38. The minimum atomic E-state index is -1.60. The number of aliphatic hydroxyl groups excluding tert-OH is 1. The Bertz CT molecular complexity index is 294. The van der Waals surface area contributed by atoms with Crippen molar-refractivity contribution in [1.82, 2.24) is 0 Å². The fourth-order valence-corrected chi connectivity index (χ4v) is 8.11. The normalized spacial score (nSPS) is 13.2. The first kappa shape index (κ1) is 16.5. The van der Waals surface area contributed by atoms with Gasteiger partial charge in [0.15, 0.2) is 0 Å². The van der Waals surface area contributed by atoms with Crippen molar-refractivity contribution in [3.63, 3.8) is 0 Å². The molecule has 0 aromatic carbocycles. The van der Waals surface area contributed by atoms with Gasteiger partial charge in [-0.1, -0.05) is 47.5 Å². The van der Waals surface area contributed by atoms with E-state index in [1.165, 1.54) is 0 Å². The Morgan fingerprint density at radius 1 is 1.06 bits per heavy atom. The molecule has 1 nitrogen and oxygen atoms in total. The third-order valence-corrected chi connectivity index (χ3v) is 10.0. The zero-order valence-electron chi connectivity index (χ0n) is 12.5. The molecule has 0 aliphatic heterocycles. The van der Waals surface area contributed by atoms with Gasteiger partial charge in [0.05, 0.1) is 6.61 Å². The minimum absolute atomic E-state index is 0.0834.